The van der Waals surface area contributed by atoms with E-state index in [9.17, 15) is 0 Å². The van der Waals surface area contributed by atoms with Crippen molar-refractivity contribution in [2.24, 2.45) is 0 Å². The van der Waals surface area contributed by atoms with Gasteiger partial charge in [-0.2, -0.15) is 0 Å². The molecule has 0 saturated carbocycles. The first-order valence-electron chi connectivity index (χ1n) is 7.72. The van der Waals surface area contributed by atoms with Crippen LogP contribution in [0.3, 0.4) is 0 Å². The van der Waals surface area contributed by atoms with E-state index in [1.165, 1.54) is 0 Å². The van der Waals surface area contributed by atoms with Crippen molar-refractivity contribution in [2.75, 3.05) is 19.1 Å². The molecule has 0 unspecified atom stereocenters. The number of benzene rings is 1. The third kappa shape index (κ3) is 5.34. The van der Waals surface area contributed by atoms with Crippen molar-refractivity contribution in [1.82, 2.24) is 14.8 Å². The van der Waals surface area contributed by atoms with Crippen molar-refractivity contribution in [3.8, 4) is 11.4 Å². The highest BCUT2D eigenvalue weighted by molar-refractivity contribution is 8.00. The highest BCUT2D eigenvalue weighted by Crippen LogP contribution is 2.30. The van der Waals surface area contributed by atoms with Crippen molar-refractivity contribution in [1.29, 1.82) is 0 Å². The van der Waals surface area contributed by atoms with Crippen LogP contribution in [0.5, 0.6) is 0 Å². The van der Waals surface area contributed by atoms with Crippen molar-refractivity contribution < 1.29 is 4.74 Å². The summed E-state index contributed by atoms with van der Waals surface area (Å²) in [6, 6.07) is 7.79. The zero-order valence-corrected chi connectivity index (χ0v) is 16.7. The van der Waals surface area contributed by atoms with Gasteiger partial charge in [-0.3, -0.25) is 0 Å². The monoisotopic (exact) mass is 369 g/mol. The van der Waals surface area contributed by atoms with Crippen LogP contribution in [-0.2, 0) is 11.3 Å². The molecule has 2 rings (SSSR count). The second kappa shape index (κ2) is 8.33. The Labute approximate surface area is 148 Å². The zero-order valence-electron chi connectivity index (χ0n) is 14.2. The first-order chi connectivity index (χ1) is 10.9. The summed E-state index contributed by atoms with van der Waals surface area (Å²) in [6.45, 7) is 8.63. The molecule has 23 heavy (non-hydrogen) atoms. The van der Waals surface area contributed by atoms with E-state index in [0.717, 1.165) is 41.5 Å². The van der Waals surface area contributed by atoms with Gasteiger partial charge in [-0.1, -0.05) is 55.1 Å². The van der Waals surface area contributed by atoms with E-state index in [-0.39, 0.29) is 0 Å². The molecule has 0 N–H and O–H groups in total. The van der Waals surface area contributed by atoms with E-state index in [1.54, 1.807) is 18.9 Å². The Morgan fingerprint density at radius 1 is 1.22 bits per heavy atom. The second-order valence-corrected chi connectivity index (χ2v) is 14.0. The standard InChI is InChI=1S/C16H24ClN3OSSi/c1-21-11-7-10-20-15(13-8-5-6-9-14(13)17)18-19-16(20)22-12-23(2,3)4/h5-6,8-9H,7,10-12H2,1-4H3. The molecule has 0 radical (unpaired) electrons. The lowest BCUT2D eigenvalue weighted by Gasteiger charge is -2.15. The predicted molar refractivity (Wildman–Crippen MR) is 101 cm³/mol. The first kappa shape index (κ1) is 18.5. The Morgan fingerprint density at radius 3 is 2.61 bits per heavy atom. The fraction of sp³-hybridized carbons (Fsp3) is 0.500. The van der Waals surface area contributed by atoms with Crippen molar-refractivity contribution in [2.45, 2.75) is 37.8 Å². The number of thioether (sulfide) groups is 1. The highest BCUT2D eigenvalue weighted by atomic mass is 35.5. The van der Waals surface area contributed by atoms with E-state index in [4.69, 9.17) is 16.3 Å². The summed E-state index contributed by atoms with van der Waals surface area (Å²) in [6.07, 6.45) is 0.923. The molecule has 0 saturated heterocycles. The van der Waals surface area contributed by atoms with Gasteiger partial charge in [0.2, 0.25) is 0 Å². The molecule has 0 atom stereocenters. The van der Waals surface area contributed by atoms with E-state index in [0.29, 0.717) is 5.02 Å². The van der Waals surface area contributed by atoms with Gasteiger partial charge in [0.25, 0.3) is 0 Å². The minimum Gasteiger partial charge on any atom is -0.385 e. The maximum atomic E-state index is 6.35. The number of nitrogens with zero attached hydrogens (tertiary/aromatic N) is 3. The molecule has 7 heteroatoms. The molecular formula is C16H24ClN3OSSi. The molecule has 1 heterocycles. The molecule has 4 nitrogen and oxygen atoms in total. The van der Waals surface area contributed by atoms with Gasteiger partial charge < -0.3 is 9.30 Å². The Kier molecular flexibility index (Phi) is 6.70. The zero-order chi connectivity index (χ0) is 16.9. The van der Waals surface area contributed by atoms with Crippen molar-refractivity contribution in [3.63, 3.8) is 0 Å². The molecule has 0 fully saturated rings. The smallest absolute Gasteiger partial charge is 0.191 e. The van der Waals surface area contributed by atoms with Crippen LogP contribution in [0.15, 0.2) is 29.4 Å². The van der Waals surface area contributed by atoms with Crippen molar-refractivity contribution >= 4 is 31.4 Å². The maximum Gasteiger partial charge on any atom is 0.191 e. The Morgan fingerprint density at radius 2 is 1.96 bits per heavy atom. The molecule has 0 aliphatic heterocycles. The minimum absolute atomic E-state index is 0.703. The highest BCUT2D eigenvalue weighted by Gasteiger charge is 2.19. The number of aromatic nitrogens is 3. The SMILES string of the molecule is COCCCn1c(SC[Si](C)(C)C)nnc1-c1ccccc1Cl. The van der Waals surface area contributed by atoms with Gasteiger partial charge in [-0.25, -0.2) is 0 Å². The van der Waals surface area contributed by atoms with Crippen LogP contribution in [0.2, 0.25) is 24.7 Å². The summed E-state index contributed by atoms with van der Waals surface area (Å²) < 4.78 is 7.36. The van der Waals surface area contributed by atoms with Gasteiger partial charge in [0.05, 0.1) is 13.1 Å². The Bertz CT molecular complexity index is 642. The first-order valence-corrected chi connectivity index (χ1v) is 12.8. The maximum absolute atomic E-state index is 6.35. The molecule has 0 aliphatic rings. The summed E-state index contributed by atoms with van der Waals surface area (Å²) >= 11 is 8.15. The fourth-order valence-corrected chi connectivity index (χ4v) is 4.99. The lowest BCUT2D eigenvalue weighted by molar-refractivity contribution is 0.189. The number of hydrogen-bond donors (Lipinski definition) is 0. The van der Waals surface area contributed by atoms with Gasteiger partial charge in [-0.05, 0) is 23.9 Å². The minimum atomic E-state index is -1.15. The van der Waals surface area contributed by atoms with Gasteiger partial charge in [0.15, 0.2) is 11.0 Å². The summed E-state index contributed by atoms with van der Waals surface area (Å²) in [5.74, 6) is 0.838. The summed E-state index contributed by atoms with van der Waals surface area (Å²) in [7, 11) is 0.573. The number of ether oxygens (including phenoxy) is 1. The van der Waals surface area contributed by atoms with E-state index in [2.05, 4.69) is 34.4 Å². The van der Waals surface area contributed by atoms with Crippen LogP contribution < -0.4 is 0 Å². The predicted octanol–water partition coefficient (Wildman–Crippen LogP) is 4.60. The molecule has 126 valence electrons. The van der Waals surface area contributed by atoms with Crippen molar-refractivity contribution in [3.05, 3.63) is 29.3 Å². The van der Waals surface area contributed by atoms with Crippen LogP contribution in [-0.4, -0.2) is 41.9 Å². The third-order valence-electron chi connectivity index (χ3n) is 3.20. The van der Waals surface area contributed by atoms with Crippen LogP contribution in [0.1, 0.15) is 6.42 Å². The largest absolute Gasteiger partial charge is 0.385 e. The molecular weight excluding hydrogens is 346 g/mol. The second-order valence-electron chi connectivity index (χ2n) is 6.63. The summed E-state index contributed by atoms with van der Waals surface area (Å²) in [5.41, 5.74) is 0.930. The molecule has 2 aromatic rings. The number of methoxy groups -OCH3 is 1. The van der Waals surface area contributed by atoms with E-state index in [1.807, 2.05) is 24.3 Å². The van der Waals surface area contributed by atoms with E-state index >= 15 is 0 Å². The Hall–Kier alpha value is -0.823. The van der Waals surface area contributed by atoms with Gasteiger partial charge in [0, 0.05) is 25.8 Å². The normalized spacial score (nSPS) is 11.9. The average Bonchev–Trinajstić information content (AvgIpc) is 2.88. The number of halogens is 1. The molecule has 0 amide bonds. The van der Waals surface area contributed by atoms with Gasteiger partial charge in [0.1, 0.15) is 0 Å². The molecule has 0 spiro atoms. The third-order valence-corrected chi connectivity index (χ3v) is 8.13. The van der Waals surface area contributed by atoms with Crippen LogP contribution in [0, 0.1) is 0 Å². The summed E-state index contributed by atoms with van der Waals surface area (Å²) in [5, 5.41) is 11.6. The van der Waals surface area contributed by atoms with Gasteiger partial charge in [-0.15, -0.1) is 10.2 Å². The topological polar surface area (TPSA) is 39.9 Å². The molecule has 0 bridgehead atoms. The Balaban J connectivity index is 2.30. The quantitative estimate of drug-likeness (QED) is 0.387. The van der Waals surface area contributed by atoms with E-state index < -0.39 is 8.07 Å². The lowest BCUT2D eigenvalue weighted by Crippen LogP contribution is -2.24. The molecule has 1 aromatic heterocycles. The summed E-state index contributed by atoms with van der Waals surface area (Å²) in [4.78, 5) is 0. The molecule has 1 aromatic carbocycles. The number of rotatable bonds is 8. The van der Waals surface area contributed by atoms with Crippen LogP contribution in [0.25, 0.3) is 11.4 Å². The number of hydrogen-bond acceptors (Lipinski definition) is 4. The average molecular weight is 370 g/mol. The fourth-order valence-electron chi connectivity index (χ4n) is 2.09. The lowest BCUT2D eigenvalue weighted by atomic mass is 10.2. The van der Waals surface area contributed by atoms with Gasteiger partial charge >= 0.3 is 0 Å². The molecule has 0 aliphatic carbocycles. The van der Waals surface area contributed by atoms with Crippen LogP contribution >= 0.6 is 23.4 Å². The van der Waals surface area contributed by atoms with Crippen LogP contribution in [0.4, 0.5) is 0 Å².